The largest absolute Gasteiger partial charge is 0.497 e. The molecule has 0 radical (unpaired) electrons. The van der Waals surface area contributed by atoms with Crippen molar-refractivity contribution in [1.29, 1.82) is 5.41 Å². The predicted molar refractivity (Wildman–Crippen MR) is 88.9 cm³/mol. The number of carbonyl (C=O) groups excluding carboxylic acids is 1. The van der Waals surface area contributed by atoms with Crippen LogP contribution in [0.1, 0.15) is 35.4 Å². The molecular formula is C17H22N4O2. The number of ketones is 1. The Morgan fingerprint density at radius 2 is 2.13 bits per heavy atom. The molecule has 1 aromatic heterocycles. The van der Waals surface area contributed by atoms with Crippen LogP contribution < -0.4 is 10.5 Å². The van der Waals surface area contributed by atoms with Gasteiger partial charge in [-0.3, -0.25) is 10.2 Å². The Labute approximate surface area is 135 Å². The topological polar surface area (TPSA) is 105 Å². The number of imidazole rings is 1. The molecule has 1 unspecified atom stereocenters. The number of nitrogens with one attached hydrogen (secondary N) is 2. The van der Waals surface area contributed by atoms with Crippen molar-refractivity contribution in [1.82, 2.24) is 9.97 Å². The summed E-state index contributed by atoms with van der Waals surface area (Å²) in [4.78, 5) is 19.5. The Kier molecular flexibility index (Phi) is 5.91. The van der Waals surface area contributed by atoms with Crippen LogP contribution in [-0.2, 0) is 6.42 Å². The first-order chi connectivity index (χ1) is 11.1. The van der Waals surface area contributed by atoms with Gasteiger partial charge in [-0.1, -0.05) is 12.1 Å². The van der Waals surface area contributed by atoms with E-state index in [1.54, 1.807) is 19.5 Å². The number of hydrogen-bond acceptors (Lipinski definition) is 4. The molecule has 0 saturated carbocycles. The van der Waals surface area contributed by atoms with Gasteiger partial charge in [0.1, 0.15) is 5.75 Å². The maximum absolute atomic E-state index is 12.6. The van der Waals surface area contributed by atoms with Crippen LogP contribution in [0.4, 0.5) is 0 Å². The fraction of sp³-hybridized carbons (Fsp3) is 0.353. The summed E-state index contributed by atoms with van der Waals surface area (Å²) >= 11 is 0. The number of benzene rings is 1. The molecule has 0 aliphatic rings. The zero-order chi connectivity index (χ0) is 16.7. The Bertz CT molecular complexity index is 635. The fourth-order valence-corrected chi connectivity index (χ4v) is 2.50. The van der Waals surface area contributed by atoms with Gasteiger partial charge < -0.3 is 15.5 Å². The average Bonchev–Trinajstić information content (AvgIpc) is 3.08. The number of nitrogens with zero attached hydrogens (tertiary/aromatic N) is 1. The Balaban J connectivity index is 2.08. The van der Waals surface area contributed by atoms with E-state index in [0.29, 0.717) is 31.5 Å². The van der Waals surface area contributed by atoms with Crippen molar-refractivity contribution in [2.75, 3.05) is 7.11 Å². The molecule has 2 aromatic rings. The van der Waals surface area contributed by atoms with E-state index in [-0.39, 0.29) is 17.5 Å². The summed E-state index contributed by atoms with van der Waals surface area (Å²) in [5, 5.41) is 7.31. The minimum Gasteiger partial charge on any atom is -0.497 e. The van der Waals surface area contributed by atoms with Gasteiger partial charge in [0.15, 0.2) is 5.82 Å². The maximum atomic E-state index is 12.6. The normalized spacial score (nSPS) is 11.9. The summed E-state index contributed by atoms with van der Waals surface area (Å²) in [5.41, 5.74) is 6.47. The first kappa shape index (κ1) is 16.7. The Morgan fingerprint density at radius 3 is 2.70 bits per heavy atom. The van der Waals surface area contributed by atoms with Crippen LogP contribution in [0.3, 0.4) is 0 Å². The number of aromatic nitrogens is 2. The molecule has 0 fully saturated rings. The average molecular weight is 314 g/mol. The Hall–Kier alpha value is -2.63. The van der Waals surface area contributed by atoms with Gasteiger partial charge in [-0.2, -0.15) is 0 Å². The lowest BCUT2D eigenvalue weighted by Gasteiger charge is -2.15. The zero-order valence-corrected chi connectivity index (χ0v) is 13.2. The smallest absolute Gasteiger partial charge is 0.201 e. The molecule has 4 N–H and O–H groups in total. The highest BCUT2D eigenvalue weighted by molar-refractivity contribution is 5.94. The molecule has 1 atom stereocenters. The van der Waals surface area contributed by atoms with Crippen molar-refractivity contribution in [2.45, 2.75) is 25.7 Å². The third kappa shape index (κ3) is 4.95. The van der Waals surface area contributed by atoms with E-state index in [1.807, 2.05) is 24.3 Å². The van der Waals surface area contributed by atoms with E-state index in [9.17, 15) is 4.79 Å². The number of Topliss-reactive ketones (excluding diaryl/α,β-unsaturated/α-hetero) is 1. The van der Waals surface area contributed by atoms with Crippen LogP contribution in [0.25, 0.3) is 0 Å². The van der Waals surface area contributed by atoms with E-state index >= 15 is 0 Å². The number of rotatable bonds is 9. The second-order valence-electron chi connectivity index (χ2n) is 5.47. The third-order valence-corrected chi connectivity index (χ3v) is 3.74. The van der Waals surface area contributed by atoms with Gasteiger partial charge in [0.2, 0.25) is 5.78 Å². The van der Waals surface area contributed by atoms with Gasteiger partial charge in [0, 0.05) is 24.7 Å². The Morgan fingerprint density at radius 1 is 1.39 bits per heavy atom. The van der Waals surface area contributed by atoms with Crippen LogP contribution in [-0.4, -0.2) is 28.7 Å². The highest BCUT2D eigenvalue weighted by atomic mass is 16.5. The van der Waals surface area contributed by atoms with Crippen molar-refractivity contribution in [3.8, 4) is 5.75 Å². The number of amidine groups is 1. The van der Waals surface area contributed by atoms with Gasteiger partial charge >= 0.3 is 0 Å². The van der Waals surface area contributed by atoms with Crippen LogP contribution in [0, 0.1) is 11.3 Å². The molecule has 2 rings (SSSR count). The number of carbonyl (C=O) groups is 1. The standard InChI is InChI=1S/C17H22N4O2/c1-23-14-7-5-12(6-8-14)11-13(3-2-4-15(18)19)16(22)17-20-9-10-21-17/h5-10,13H,2-4,11H2,1H3,(H3,18,19)(H,20,21). The molecule has 0 aliphatic heterocycles. The van der Waals surface area contributed by atoms with E-state index < -0.39 is 0 Å². The van der Waals surface area contributed by atoms with E-state index in [1.165, 1.54) is 0 Å². The summed E-state index contributed by atoms with van der Waals surface area (Å²) in [5.74, 6) is 1.13. The SMILES string of the molecule is COc1ccc(CC(CCCC(=N)N)C(=O)c2ncc[nH]2)cc1. The highest BCUT2D eigenvalue weighted by Gasteiger charge is 2.22. The molecule has 1 aromatic carbocycles. The summed E-state index contributed by atoms with van der Waals surface area (Å²) < 4.78 is 5.15. The number of H-pyrrole nitrogens is 1. The van der Waals surface area contributed by atoms with E-state index in [0.717, 1.165) is 11.3 Å². The molecule has 0 amide bonds. The molecule has 122 valence electrons. The molecule has 0 spiro atoms. The maximum Gasteiger partial charge on any atom is 0.201 e. The molecule has 6 heteroatoms. The van der Waals surface area contributed by atoms with Gasteiger partial charge in [-0.05, 0) is 37.0 Å². The molecule has 6 nitrogen and oxygen atoms in total. The molecule has 0 saturated heterocycles. The number of methoxy groups -OCH3 is 1. The fourth-order valence-electron chi connectivity index (χ4n) is 2.50. The number of nitrogens with two attached hydrogens (primary N) is 1. The lowest BCUT2D eigenvalue weighted by molar-refractivity contribution is 0.0901. The molecule has 0 aliphatic carbocycles. The monoisotopic (exact) mass is 314 g/mol. The lowest BCUT2D eigenvalue weighted by atomic mass is 9.90. The van der Waals surface area contributed by atoms with Gasteiger partial charge in [-0.15, -0.1) is 0 Å². The van der Waals surface area contributed by atoms with Crippen molar-refractivity contribution >= 4 is 11.6 Å². The van der Waals surface area contributed by atoms with Crippen LogP contribution in [0.5, 0.6) is 5.75 Å². The third-order valence-electron chi connectivity index (χ3n) is 3.74. The zero-order valence-electron chi connectivity index (χ0n) is 13.2. The number of hydrogen-bond donors (Lipinski definition) is 3. The minimum absolute atomic E-state index is 0.00521. The van der Waals surface area contributed by atoms with Crippen LogP contribution in [0.2, 0.25) is 0 Å². The summed E-state index contributed by atoms with van der Waals surface area (Å²) in [7, 11) is 1.63. The van der Waals surface area contributed by atoms with Crippen molar-refractivity contribution in [3.63, 3.8) is 0 Å². The van der Waals surface area contributed by atoms with Crippen molar-refractivity contribution < 1.29 is 9.53 Å². The second kappa shape index (κ2) is 8.12. The predicted octanol–water partition coefficient (Wildman–Crippen LogP) is 2.57. The lowest BCUT2D eigenvalue weighted by Crippen LogP contribution is -2.20. The first-order valence-electron chi connectivity index (χ1n) is 7.59. The van der Waals surface area contributed by atoms with E-state index in [4.69, 9.17) is 15.9 Å². The van der Waals surface area contributed by atoms with Crippen LogP contribution >= 0.6 is 0 Å². The molecule has 23 heavy (non-hydrogen) atoms. The summed E-state index contributed by atoms with van der Waals surface area (Å²) in [6.07, 6.45) is 5.74. The molecule has 0 bridgehead atoms. The van der Waals surface area contributed by atoms with Gasteiger partial charge in [0.25, 0.3) is 0 Å². The second-order valence-corrected chi connectivity index (χ2v) is 5.47. The van der Waals surface area contributed by atoms with Crippen molar-refractivity contribution in [3.05, 3.63) is 48.0 Å². The van der Waals surface area contributed by atoms with E-state index in [2.05, 4.69) is 9.97 Å². The summed E-state index contributed by atoms with van der Waals surface area (Å²) in [6.45, 7) is 0. The van der Waals surface area contributed by atoms with Gasteiger partial charge in [0.05, 0.1) is 12.9 Å². The molecule has 1 heterocycles. The summed E-state index contributed by atoms with van der Waals surface area (Å²) in [6, 6.07) is 7.71. The number of ether oxygens (including phenoxy) is 1. The highest BCUT2D eigenvalue weighted by Crippen LogP contribution is 2.21. The number of aromatic amines is 1. The molecular weight excluding hydrogens is 292 g/mol. The minimum atomic E-state index is -0.186. The van der Waals surface area contributed by atoms with Crippen LogP contribution in [0.15, 0.2) is 36.7 Å². The van der Waals surface area contributed by atoms with Crippen molar-refractivity contribution in [2.24, 2.45) is 11.7 Å². The first-order valence-corrected chi connectivity index (χ1v) is 7.59. The van der Waals surface area contributed by atoms with Gasteiger partial charge in [-0.25, -0.2) is 4.98 Å². The quantitative estimate of drug-likeness (QED) is 0.376.